The second-order valence-electron chi connectivity index (χ2n) is 4.30. The van der Waals surface area contributed by atoms with Gasteiger partial charge >= 0.3 is 6.16 Å². The minimum atomic E-state index is -0.695. The van der Waals surface area contributed by atoms with Gasteiger partial charge in [-0.25, -0.2) is 4.79 Å². The normalized spacial score (nSPS) is 11.4. The summed E-state index contributed by atoms with van der Waals surface area (Å²) in [6, 6.07) is 9.57. The summed E-state index contributed by atoms with van der Waals surface area (Å²) >= 11 is 0. The van der Waals surface area contributed by atoms with Crippen LogP contribution in [0, 0.1) is 0 Å². The zero-order valence-corrected chi connectivity index (χ0v) is 9.77. The van der Waals surface area contributed by atoms with Gasteiger partial charge in [-0.05, 0) is 32.4 Å². The highest BCUT2D eigenvalue weighted by Gasteiger charge is 2.16. The zero-order valence-electron chi connectivity index (χ0n) is 9.77. The van der Waals surface area contributed by atoms with Gasteiger partial charge in [-0.2, -0.15) is 0 Å². The molecule has 0 aliphatic rings. The summed E-state index contributed by atoms with van der Waals surface area (Å²) in [4.78, 5) is 11.2. The second kappa shape index (κ2) is 5.35. The van der Waals surface area contributed by atoms with Gasteiger partial charge in [0.25, 0.3) is 0 Å². The van der Waals surface area contributed by atoms with Crippen LogP contribution in [0.3, 0.4) is 0 Å². The summed E-state index contributed by atoms with van der Waals surface area (Å²) < 4.78 is 9.74. The first-order chi connectivity index (χ1) is 7.47. The molecule has 0 atom stereocenters. The lowest BCUT2D eigenvalue weighted by atomic mass is 10.2. The monoisotopic (exact) mass is 220 g/mol. The molecule has 86 valence electrons. The summed E-state index contributed by atoms with van der Waals surface area (Å²) in [5.74, 6) is 0. The van der Waals surface area contributed by atoms with Crippen LogP contribution in [0.25, 0.3) is 6.08 Å². The van der Waals surface area contributed by atoms with Crippen molar-refractivity contribution in [2.75, 3.05) is 0 Å². The van der Waals surface area contributed by atoms with E-state index in [0.717, 1.165) is 5.56 Å². The second-order valence-corrected chi connectivity index (χ2v) is 4.30. The maximum atomic E-state index is 11.2. The fourth-order valence-corrected chi connectivity index (χ4v) is 1.01. The number of hydrogen-bond acceptors (Lipinski definition) is 3. The van der Waals surface area contributed by atoms with Gasteiger partial charge in [0.15, 0.2) is 0 Å². The Bertz CT molecular complexity index is 361. The number of hydrogen-bond donors (Lipinski definition) is 0. The Morgan fingerprint density at radius 3 is 2.38 bits per heavy atom. The van der Waals surface area contributed by atoms with Crippen LogP contribution in [0.4, 0.5) is 4.79 Å². The van der Waals surface area contributed by atoms with Crippen molar-refractivity contribution in [1.82, 2.24) is 0 Å². The Balaban J connectivity index is 2.41. The lowest BCUT2D eigenvalue weighted by Gasteiger charge is -2.17. The minimum Gasteiger partial charge on any atom is -0.428 e. The third-order valence-electron chi connectivity index (χ3n) is 1.61. The van der Waals surface area contributed by atoms with E-state index in [4.69, 9.17) is 9.47 Å². The molecule has 0 saturated heterocycles. The third-order valence-corrected chi connectivity index (χ3v) is 1.61. The highest BCUT2D eigenvalue weighted by molar-refractivity contribution is 5.62. The average molecular weight is 220 g/mol. The van der Waals surface area contributed by atoms with Crippen molar-refractivity contribution in [2.45, 2.75) is 26.4 Å². The summed E-state index contributed by atoms with van der Waals surface area (Å²) in [6.07, 6.45) is 2.33. The molecular weight excluding hydrogens is 204 g/mol. The quantitative estimate of drug-likeness (QED) is 0.564. The first kappa shape index (κ1) is 12.3. The largest absolute Gasteiger partial charge is 0.513 e. The van der Waals surface area contributed by atoms with E-state index < -0.39 is 11.8 Å². The molecule has 0 fully saturated rings. The third kappa shape index (κ3) is 5.20. The van der Waals surface area contributed by atoms with Gasteiger partial charge < -0.3 is 9.47 Å². The smallest absolute Gasteiger partial charge is 0.428 e. The van der Waals surface area contributed by atoms with Gasteiger partial charge in [-0.15, -0.1) is 0 Å². The van der Waals surface area contributed by atoms with Crippen LogP contribution in [-0.2, 0) is 9.47 Å². The van der Waals surface area contributed by atoms with E-state index in [9.17, 15) is 4.79 Å². The fourth-order valence-electron chi connectivity index (χ4n) is 1.01. The Hall–Kier alpha value is -1.77. The molecule has 3 nitrogen and oxygen atoms in total. The van der Waals surface area contributed by atoms with Crippen molar-refractivity contribution in [3.8, 4) is 0 Å². The lowest BCUT2D eigenvalue weighted by molar-refractivity contribution is 0.0113. The van der Waals surface area contributed by atoms with Crippen molar-refractivity contribution in [3.05, 3.63) is 42.2 Å². The summed E-state index contributed by atoms with van der Waals surface area (Å²) in [7, 11) is 0. The fraction of sp³-hybridized carbons (Fsp3) is 0.308. The van der Waals surface area contributed by atoms with E-state index in [-0.39, 0.29) is 0 Å². The van der Waals surface area contributed by atoms with Crippen molar-refractivity contribution in [3.63, 3.8) is 0 Å². The summed E-state index contributed by atoms with van der Waals surface area (Å²) in [5.41, 5.74) is 0.434. The average Bonchev–Trinajstić information content (AvgIpc) is 2.16. The molecule has 0 N–H and O–H groups in total. The van der Waals surface area contributed by atoms with Gasteiger partial charge in [0.05, 0.1) is 6.26 Å². The Morgan fingerprint density at radius 1 is 1.19 bits per heavy atom. The van der Waals surface area contributed by atoms with Crippen LogP contribution in [0.2, 0.25) is 0 Å². The van der Waals surface area contributed by atoms with Gasteiger partial charge in [0.2, 0.25) is 0 Å². The number of benzene rings is 1. The SMILES string of the molecule is CC(C)(C)OC(=O)OC=Cc1ccccc1. The van der Waals surface area contributed by atoms with Crippen LogP contribution in [-0.4, -0.2) is 11.8 Å². The molecule has 0 amide bonds. The van der Waals surface area contributed by atoms with Crippen molar-refractivity contribution in [1.29, 1.82) is 0 Å². The van der Waals surface area contributed by atoms with Crippen LogP contribution in [0.1, 0.15) is 26.3 Å². The number of carbonyl (C=O) groups is 1. The van der Waals surface area contributed by atoms with E-state index in [1.54, 1.807) is 26.8 Å². The highest BCUT2D eigenvalue weighted by atomic mass is 16.7. The first-order valence-corrected chi connectivity index (χ1v) is 5.08. The number of rotatable bonds is 2. The first-order valence-electron chi connectivity index (χ1n) is 5.08. The molecule has 0 heterocycles. The molecule has 0 aliphatic carbocycles. The molecule has 0 spiro atoms. The maximum absolute atomic E-state index is 11.2. The molecule has 0 unspecified atom stereocenters. The molecule has 1 rings (SSSR count). The van der Waals surface area contributed by atoms with E-state index in [2.05, 4.69) is 0 Å². The molecule has 1 aromatic rings. The maximum Gasteiger partial charge on any atom is 0.513 e. The van der Waals surface area contributed by atoms with Crippen LogP contribution in [0.5, 0.6) is 0 Å². The molecule has 16 heavy (non-hydrogen) atoms. The Labute approximate surface area is 95.7 Å². The number of ether oxygens (including phenoxy) is 2. The molecular formula is C13H16O3. The lowest BCUT2D eigenvalue weighted by Crippen LogP contribution is -2.23. The van der Waals surface area contributed by atoms with Crippen molar-refractivity contribution in [2.24, 2.45) is 0 Å². The molecule has 0 bridgehead atoms. The predicted octanol–water partition coefficient (Wildman–Crippen LogP) is 3.61. The molecule has 0 saturated carbocycles. The summed E-state index contributed by atoms with van der Waals surface area (Å²) in [5, 5.41) is 0. The topological polar surface area (TPSA) is 35.5 Å². The molecule has 0 aromatic heterocycles. The van der Waals surface area contributed by atoms with Crippen LogP contribution >= 0.6 is 0 Å². The Kier molecular flexibility index (Phi) is 4.11. The van der Waals surface area contributed by atoms with Crippen molar-refractivity contribution < 1.29 is 14.3 Å². The molecule has 0 radical (unpaired) electrons. The van der Waals surface area contributed by atoms with E-state index in [1.165, 1.54) is 6.26 Å². The summed E-state index contributed by atoms with van der Waals surface area (Å²) in [6.45, 7) is 5.36. The van der Waals surface area contributed by atoms with Gasteiger partial charge in [0.1, 0.15) is 5.60 Å². The van der Waals surface area contributed by atoms with Gasteiger partial charge in [-0.1, -0.05) is 30.3 Å². The van der Waals surface area contributed by atoms with E-state index >= 15 is 0 Å². The molecule has 0 aliphatic heterocycles. The van der Waals surface area contributed by atoms with Gasteiger partial charge in [0, 0.05) is 0 Å². The van der Waals surface area contributed by atoms with E-state index in [1.807, 2.05) is 30.3 Å². The van der Waals surface area contributed by atoms with Crippen molar-refractivity contribution >= 4 is 12.2 Å². The highest BCUT2D eigenvalue weighted by Crippen LogP contribution is 2.08. The van der Waals surface area contributed by atoms with Crippen LogP contribution < -0.4 is 0 Å². The standard InChI is InChI=1S/C13H16O3/c1-13(2,3)16-12(14)15-10-9-11-7-5-4-6-8-11/h4-10H,1-3H3. The molecule has 1 aromatic carbocycles. The van der Waals surface area contributed by atoms with Gasteiger partial charge in [-0.3, -0.25) is 0 Å². The van der Waals surface area contributed by atoms with E-state index in [0.29, 0.717) is 0 Å². The van der Waals surface area contributed by atoms with Crippen LogP contribution in [0.15, 0.2) is 36.6 Å². The zero-order chi connectivity index (χ0) is 12.0. The predicted molar refractivity (Wildman–Crippen MR) is 62.8 cm³/mol. The number of carbonyl (C=O) groups excluding carboxylic acids is 1. The molecule has 3 heteroatoms. The minimum absolute atomic E-state index is 0.530. The Morgan fingerprint density at radius 2 is 1.81 bits per heavy atom.